The lowest BCUT2D eigenvalue weighted by Gasteiger charge is -2.39. The number of aromatic nitrogens is 4. The van der Waals surface area contributed by atoms with Crippen molar-refractivity contribution in [2.75, 3.05) is 6.61 Å². The summed E-state index contributed by atoms with van der Waals surface area (Å²) in [6, 6.07) is 13.0. The van der Waals surface area contributed by atoms with Gasteiger partial charge in [-0.3, -0.25) is 14.3 Å². The highest BCUT2D eigenvalue weighted by Gasteiger charge is 2.41. The molecule has 190 valence electrons. The Morgan fingerprint density at radius 1 is 1.05 bits per heavy atom. The van der Waals surface area contributed by atoms with Crippen molar-refractivity contribution in [1.29, 1.82) is 0 Å². The van der Waals surface area contributed by atoms with Crippen molar-refractivity contribution in [2.24, 2.45) is 5.16 Å². The number of hydrogen-bond acceptors (Lipinski definition) is 6. The molecule has 2 fully saturated rings. The summed E-state index contributed by atoms with van der Waals surface area (Å²) in [4.78, 5) is 12.5. The van der Waals surface area contributed by atoms with Crippen molar-refractivity contribution in [2.45, 2.75) is 57.2 Å². The van der Waals surface area contributed by atoms with Crippen LogP contribution in [0.25, 0.3) is 5.65 Å². The van der Waals surface area contributed by atoms with Gasteiger partial charge in [0.05, 0.1) is 5.69 Å². The SMILES string of the molecule is CCO/N=C(\c1ccc(F)c(F)c1)c1ccc(CN2[C@@H]3CC[C@H]2CC(c2ccn4cnnc4c2)C3)cn1. The minimum atomic E-state index is -0.932. The molecule has 7 nitrogen and oxygen atoms in total. The molecule has 9 heteroatoms. The van der Waals surface area contributed by atoms with E-state index in [1.54, 1.807) is 6.33 Å². The summed E-state index contributed by atoms with van der Waals surface area (Å²) in [7, 11) is 0. The number of rotatable bonds is 7. The first-order valence-electron chi connectivity index (χ1n) is 12.7. The maximum Gasteiger partial charge on any atom is 0.160 e. The smallest absolute Gasteiger partial charge is 0.160 e. The van der Waals surface area contributed by atoms with Crippen LogP contribution in [0.2, 0.25) is 0 Å². The zero-order valence-corrected chi connectivity index (χ0v) is 20.6. The molecule has 3 atom stereocenters. The second kappa shape index (κ2) is 9.97. The molecule has 2 aliphatic heterocycles. The molecule has 0 amide bonds. The Labute approximate surface area is 213 Å². The van der Waals surface area contributed by atoms with Crippen LogP contribution in [0.3, 0.4) is 0 Å². The van der Waals surface area contributed by atoms with Gasteiger partial charge in [0, 0.05) is 36.6 Å². The first-order valence-corrected chi connectivity index (χ1v) is 12.7. The summed E-state index contributed by atoms with van der Waals surface area (Å²) >= 11 is 0. The molecule has 1 aromatic carbocycles. The Hall–Kier alpha value is -3.72. The highest BCUT2D eigenvalue weighted by Crippen LogP contribution is 2.43. The zero-order chi connectivity index (χ0) is 25.4. The Balaban J connectivity index is 1.17. The van der Waals surface area contributed by atoms with Gasteiger partial charge in [-0.05, 0) is 86.1 Å². The first-order chi connectivity index (χ1) is 18.1. The minimum Gasteiger partial charge on any atom is -0.396 e. The number of fused-ring (bicyclic) bond motifs is 3. The molecule has 5 heterocycles. The molecule has 0 saturated carbocycles. The summed E-state index contributed by atoms with van der Waals surface area (Å²) in [5.41, 5.74) is 4.70. The Bertz CT molecular complexity index is 1420. The lowest BCUT2D eigenvalue weighted by molar-refractivity contribution is 0.118. The van der Waals surface area contributed by atoms with Gasteiger partial charge < -0.3 is 4.84 Å². The third-order valence-electron chi connectivity index (χ3n) is 7.59. The molecule has 0 radical (unpaired) electrons. The van der Waals surface area contributed by atoms with Crippen LogP contribution in [0.1, 0.15) is 60.9 Å². The van der Waals surface area contributed by atoms with Gasteiger partial charge >= 0.3 is 0 Å². The van der Waals surface area contributed by atoms with Crippen LogP contribution in [0.5, 0.6) is 0 Å². The summed E-state index contributed by atoms with van der Waals surface area (Å²) in [5.74, 6) is -1.30. The third kappa shape index (κ3) is 4.71. The van der Waals surface area contributed by atoms with Crippen LogP contribution in [0, 0.1) is 11.6 Å². The second-order valence-corrected chi connectivity index (χ2v) is 9.82. The predicted octanol–water partition coefficient (Wildman–Crippen LogP) is 5.10. The van der Waals surface area contributed by atoms with Crippen molar-refractivity contribution in [3.8, 4) is 0 Å². The van der Waals surface area contributed by atoms with Gasteiger partial charge in [0.2, 0.25) is 0 Å². The molecule has 2 saturated heterocycles. The number of hydrogen-bond donors (Lipinski definition) is 0. The van der Waals surface area contributed by atoms with E-state index in [9.17, 15) is 8.78 Å². The summed E-state index contributed by atoms with van der Waals surface area (Å²) < 4.78 is 29.3. The quantitative estimate of drug-likeness (QED) is 0.260. The molecule has 2 bridgehead atoms. The van der Waals surface area contributed by atoms with Gasteiger partial charge in [-0.25, -0.2) is 8.78 Å². The Kier molecular flexibility index (Phi) is 6.38. The average Bonchev–Trinajstić information content (AvgIpc) is 3.47. The molecule has 2 aliphatic rings. The molecular weight excluding hydrogens is 474 g/mol. The minimum absolute atomic E-state index is 0.358. The standard InChI is InChI=1S/C28H28F2N6O/c1-2-37-34-28(20-4-7-24(29)25(30)13-20)26-8-3-18(15-31-26)16-36-22-5-6-23(36)12-21(11-22)19-9-10-35-17-32-33-27(35)14-19/h3-4,7-10,13-15,17,21-23H,2,5-6,11-12,16H2,1H3/b34-28+/t21?,22-,23+. The van der Waals surface area contributed by atoms with Crippen molar-refractivity contribution in [3.63, 3.8) is 0 Å². The fourth-order valence-electron chi connectivity index (χ4n) is 5.78. The number of pyridine rings is 2. The van der Waals surface area contributed by atoms with Crippen molar-refractivity contribution in [3.05, 3.63) is 95.2 Å². The molecule has 0 N–H and O–H groups in total. The van der Waals surface area contributed by atoms with Gasteiger partial charge in [0.15, 0.2) is 17.3 Å². The van der Waals surface area contributed by atoms with Crippen molar-refractivity contribution < 1.29 is 13.6 Å². The third-order valence-corrected chi connectivity index (χ3v) is 7.59. The molecule has 1 unspecified atom stereocenters. The number of benzene rings is 1. The average molecular weight is 503 g/mol. The van der Waals surface area contributed by atoms with E-state index in [2.05, 4.69) is 43.6 Å². The number of halogens is 2. The zero-order valence-electron chi connectivity index (χ0n) is 20.6. The lowest BCUT2D eigenvalue weighted by Crippen LogP contribution is -2.41. The molecule has 6 rings (SSSR count). The Morgan fingerprint density at radius 3 is 2.62 bits per heavy atom. The molecule has 0 spiro atoms. The van der Waals surface area contributed by atoms with Crippen LogP contribution < -0.4 is 0 Å². The maximum absolute atomic E-state index is 13.9. The predicted molar refractivity (Wildman–Crippen MR) is 135 cm³/mol. The maximum atomic E-state index is 13.9. The highest BCUT2D eigenvalue weighted by atomic mass is 19.2. The normalized spacial score (nSPS) is 22.0. The summed E-state index contributed by atoms with van der Waals surface area (Å²) in [5, 5.41) is 12.3. The monoisotopic (exact) mass is 502 g/mol. The van der Waals surface area contributed by atoms with Crippen LogP contribution in [-0.4, -0.2) is 48.9 Å². The van der Waals surface area contributed by atoms with Gasteiger partial charge in [0.25, 0.3) is 0 Å². The number of nitrogens with zero attached hydrogens (tertiary/aromatic N) is 6. The molecule has 4 aromatic rings. The largest absolute Gasteiger partial charge is 0.396 e. The first kappa shape index (κ1) is 23.7. The van der Waals surface area contributed by atoms with Gasteiger partial charge in [-0.15, -0.1) is 10.2 Å². The fourth-order valence-corrected chi connectivity index (χ4v) is 5.78. The topological polar surface area (TPSA) is 67.9 Å². The highest BCUT2D eigenvalue weighted by molar-refractivity contribution is 6.11. The van der Waals surface area contributed by atoms with Gasteiger partial charge in [0.1, 0.15) is 18.6 Å². The van der Waals surface area contributed by atoms with Crippen LogP contribution >= 0.6 is 0 Å². The van der Waals surface area contributed by atoms with E-state index in [0.29, 0.717) is 41.6 Å². The number of piperidine rings is 1. The summed E-state index contributed by atoms with van der Waals surface area (Å²) in [6.45, 7) is 3.01. The van der Waals surface area contributed by atoms with E-state index in [1.807, 2.05) is 29.7 Å². The van der Waals surface area contributed by atoms with E-state index in [1.165, 1.54) is 24.5 Å². The van der Waals surface area contributed by atoms with Crippen LogP contribution in [0.15, 0.2) is 66.3 Å². The summed E-state index contributed by atoms with van der Waals surface area (Å²) in [6.07, 6.45) is 10.3. The van der Waals surface area contributed by atoms with Gasteiger partial charge in [-0.1, -0.05) is 11.2 Å². The molecule has 3 aromatic heterocycles. The molecular formula is C28H28F2N6O. The van der Waals surface area contributed by atoms with Crippen LogP contribution in [0.4, 0.5) is 8.78 Å². The van der Waals surface area contributed by atoms with E-state index in [0.717, 1.165) is 42.7 Å². The van der Waals surface area contributed by atoms with E-state index < -0.39 is 11.6 Å². The fraction of sp³-hybridized carbons (Fsp3) is 0.357. The lowest BCUT2D eigenvalue weighted by atomic mass is 9.85. The second-order valence-electron chi connectivity index (χ2n) is 9.82. The number of oxime groups is 1. The molecule has 0 aliphatic carbocycles. The van der Waals surface area contributed by atoms with E-state index in [-0.39, 0.29) is 0 Å². The van der Waals surface area contributed by atoms with E-state index in [4.69, 9.17) is 4.84 Å². The molecule has 37 heavy (non-hydrogen) atoms. The van der Waals surface area contributed by atoms with Gasteiger partial charge in [-0.2, -0.15) is 0 Å². The Morgan fingerprint density at radius 2 is 1.89 bits per heavy atom. The van der Waals surface area contributed by atoms with Crippen LogP contribution in [-0.2, 0) is 11.4 Å². The van der Waals surface area contributed by atoms with Crippen molar-refractivity contribution in [1.82, 2.24) is 24.5 Å². The van der Waals surface area contributed by atoms with Crippen molar-refractivity contribution >= 4 is 11.4 Å². The van der Waals surface area contributed by atoms with E-state index >= 15 is 0 Å².